The summed E-state index contributed by atoms with van der Waals surface area (Å²) in [6, 6.07) is 8.56. The average Bonchev–Trinajstić information content (AvgIpc) is 3.33. The van der Waals surface area contributed by atoms with Crippen LogP contribution in [0.1, 0.15) is 5.56 Å². The molecule has 4 rings (SSSR count). The van der Waals surface area contributed by atoms with Crippen LogP contribution in [0.3, 0.4) is 0 Å². The van der Waals surface area contributed by atoms with Crippen molar-refractivity contribution in [1.29, 1.82) is 0 Å². The van der Waals surface area contributed by atoms with Gasteiger partial charge in [0.05, 0.1) is 23.0 Å². The number of pyridine rings is 1. The molecule has 3 aromatic rings. The molecule has 0 radical (unpaired) electrons. The summed E-state index contributed by atoms with van der Waals surface area (Å²) in [6.07, 6.45) is 4.39. The molecule has 0 bridgehead atoms. The van der Waals surface area contributed by atoms with E-state index in [1.165, 1.54) is 45.9 Å². The van der Waals surface area contributed by atoms with Gasteiger partial charge in [-0.3, -0.25) is 0 Å². The smallest absolute Gasteiger partial charge is 0.243 e. The van der Waals surface area contributed by atoms with Crippen LogP contribution in [0.15, 0.2) is 65.0 Å². The third kappa shape index (κ3) is 4.65. The molecule has 3 heterocycles. The minimum atomic E-state index is -3.88. The van der Waals surface area contributed by atoms with Crippen molar-refractivity contribution in [2.45, 2.75) is 16.3 Å². The van der Waals surface area contributed by atoms with E-state index in [0.717, 1.165) is 0 Å². The molecule has 31 heavy (non-hydrogen) atoms. The van der Waals surface area contributed by atoms with Crippen molar-refractivity contribution in [3.63, 3.8) is 0 Å². The normalized spacial score (nSPS) is 15.7. The lowest BCUT2D eigenvalue weighted by Gasteiger charge is -2.26. The molecule has 2 aromatic heterocycles. The van der Waals surface area contributed by atoms with E-state index in [2.05, 4.69) is 19.8 Å². The monoisotopic (exact) mass is 464 g/mol. The Morgan fingerprint density at radius 2 is 1.71 bits per heavy atom. The Morgan fingerprint density at radius 3 is 2.39 bits per heavy atom. The van der Waals surface area contributed by atoms with E-state index in [4.69, 9.17) is 4.74 Å². The molecular weight excluding hydrogens is 444 g/mol. The van der Waals surface area contributed by atoms with E-state index < -0.39 is 20.0 Å². The van der Waals surface area contributed by atoms with E-state index in [1.807, 2.05) is 0 Å². The first-order chi connectivity index (χ1) is 14.9. The fourth-order valence-electron chi connectivity index (χ4n) is 3.08. The molecule has 164 valence electrons. The van der Waals surface area contributed by atoms with Crippen LogP contribution >= 0.6 is 0 Å². The average molecular weight is 465 g/mol. The van der Waals surface area contributed by atoms with Gasteiger partial charge in [-0.15, -0.1) is 0 Å². The second kappa shape index (κ2) is 8.80. The fourth-order valence-corrected chi connectivity index (χ4v) is 5.49. The number of aromatic nitrogens is 4. The summed E-state index contributed by atoms with van der Waals surface area (Å²) >= 11 is 0. The van der Waals surface area contributed by atoms with Crippen LogP contribution in [0.2, 0.25) is 0 Å². The van der Waals surface area contributed by atoms with Gasteiger partial charge in [0.25, 0.3) is 0 Å². The molecule has 0 amide bonds. The summed E-state index contributed by atoms with van der Waals surface area (Å²) in [5.41, 5.74) is 0.600. The Kier molecular flexibility index (Phi) is 6.11. The number of hydrogen-bond acceptors (Lipinski definition) is 8. The third-order valence-corrected chi connectivity index (χ3v) is 8.03. The van der Waals surface area contributed by atoms with Crippen molar-refractivity contribution >= 4 is 20.0 Å². The summed E-state index contributed by atoms with van der Waals surface area (Å²) in [4.78, 5) is 8.09. The second-order valence-corrected chi connectivity index (χ2v) is 10.3. The maximum atomic E-state index is 12.7. The molecule has 13 heteroatoms. The van der Waals surface area contributed by atoms with Gasteiger partial charge in [-0.05, 0) is 30.3 Å². The Labute approximate surface area is 179 Å². The number of hydrogen-bond donors (Lipinski definition) is 1. The number of nitrogens with zero attached hydrogens (tertiary/aromatic N) is 5. The summed E-state index contributed by atoms with van der Waals surface area (Å²) < 4.78 is 61.3. The molecule has 0 unspecified atom stereocenters. The van der Waals surface area contributed by atoms with E-state index in [1.54, 1.807) is 18.3 Å². The first kappa shape index (κ1) is 21.5. The third-order valence-electron chi connectivity index (χ3n) is 4.70. The number of benzene rings is 1. The molecule has 11 nitrogen and oxygen atoms in total. The maximum Gasteiger partial charge on any atom is 0.243 e. The Hall–Kier alpha value is -2.71. The minimum Gasteiger partial charge on any atom is -0.379 e. The highest BCUT2D eigenvalue weighted by atomic mass is 32.2. The maximum absolute atomic E-state index is 12.7. The summed E-state index contributed by atoms with van der Waals surface area (Å²) in [7, 11) is -7.58. The lowest BCUT2D eigenvalue weighted by Crippen LogP contribution is -2.40. The van der Waals surface area contributed by atoms with Crippen molar-refractivity contribution in [3.8, 4) is 5.82 Å². The van der Waals surface area contributed by atoms with E-state index >= 15 is 0 Å². The topological polar surface area (TPSA) is 136 Å². The predicted molar refractivity (Wildman–Crippen MR) is 109 cm³/mol. The zero-order valence-corrected chi connectivity index (χ0v) is 18.0. The quantitative estimate of drug-likeness (QED) is 0.522. The summed E-state index contributed by atoms with van der Waals surface area (Å²) in [5.74, 6) is 0.453. The predicted octanol–water partition coefficient (Wildman–Crippen LogP) is 0.162. The highest BCUT2D eigenvalue weighted by Crippen LogP contribution is 2.20. The zero-order valence-electron chi connectivity index (χ0n) is 16.3. The van der Waals surface area contributed by atoms with Crippen molar-refractivity contribution in [3.05, 3.63) is 60.8 Å². The Morgan fingerprint density at radius 1 is 1.00 bits per heavy atom. The van der Waals surface area contributed by atoms with Gasteiger partial charge in [-0.2, -0.15) is 9.40 Å². The van der Waals surface area contributed by atoms with Gasteiger partial charge in [-0.25, -0.2) is 36.2 Å². The molecule has 1 aliphatic rings. The standard InChI is InChI=1S/C18H20N6O5S2/c25-30(26,22-12-15-2-1-7-20-18(15)24-14-19-13-21-24)16-3-5-17(6-4-16)31(27,28)23-8-10-29-11-9-23/h1-7,13-14,22H,8-12H2. The molecule has 1 N–H and O–H groups in total. The van der Waals surface area contributed by atoms with Crippen LogP contribution in [0.4, 0.5) is 0 Å². The van der Waals surface area contributed by atoms with Gasteiger partial charge in [0.2, 0.25) is 20.0 Å². The molecule has 0 atom stereocenters. The number of sulfonamides is 2. The van der Waals surface area contributed by atoms with Gasteiger partial charge >= 0.3 is 0 Å². The molecule has 1 fully saturated rings. The second-order valence-electron chi connectivity index (χ2n) is 6.64. The molecule has 1 aromatic carbocycles. The van der Waals surface area contributed by atoms with Crippen LogP contribution in [0.5, 0.6) is 0 Å². The van der Waals surface area contributed by atoms with Crippen LogP contribution in [0, 0.1) is 0 Å². The number of rotatable bonds is 7. The molecular formula is C18H20N6O5S2. The van der Waals surface area contributed by atoms with Crippen LogP contribution < -0.4 is 4.72 Å². The molecule has 0 aliphatic carbocycles. The SMILES string of the molecule is O=S(=O)(NCc1cccnc1-n1cncn1)c1ccc(S(=O)(=O)N2CCOCC2)cc1. The Bertz CT molecular complexity index is 1240. The molecule has 0 saturated carbocycles. The Balaban J connectivity index is 1.50. The highest BCUT2D eigenvalue weighted by Gasteiger charge is 2.27. The molecule has 1 saturated heterocycles. The first-order valence-electron chi connectivity index (χ1n) is 9.34. The van der Waals surface area contributed by atoms with E-state index in [9.17, 15) is 16.8 Å². The zero-order chi connectivity index (χ0) is 21.9. The highest BCUT2D eigenvalue weighted by molar-refractivity contribution is 7.89. The number of ether oxygens (including phenoxy) is 1. The number of morpholine rings is 1. The lowest BCUT2D eigenvalue weighted by atomic mass is 10.2. The van der Waals surface area contributed by atoms with Crippen molar-refractivity contribution in [1.82, 2.24) is 28.8 Å². The van der Waals surface area contributed by atoms with Gasteiger partial charge in [0.15, 0.2) is 5.82 Å². The van der Waals surface area contributed by atoms with Gasteiger partial charge in [0, 0.05) is 31.4 Å². The lowest BCUT2D eigenvalue weighted by molar-refractivity contribution is 0.0730. The molecule has 0 spiro atoms. The fraction of sp³-hybridized carbons (Fsp3) is 0.278. The van der Waals surface area contributed by atoms with E-state index in [0.29, 0.717) is 24.6 Å². The van der Waals surface area contributed by atoms with Crippen molar-refractivity contribution in [2.75, 3.05) is 26.3 Å². The van der Waals surface area contributed by atoms with Crippen LogP contribution in [-0.4, -0.2) is 67.2 Å². The largest absolute Gasteiger partial charge is 0.379 e. The van der Waals surface area contributed by atoms with Crippen molar-refractivity contribution in [2.24, 2.45) is 0 Å². The van der Waals surface area contributed by atoms with Gasteiger partial charge in [0.1, 0.15) is 12.7 Å². The van der Waals surface area contributed by atoms with Gasteiger partial charge < -0.3 is 4.74 Å². The van der Waals surface area contributed by atoms with Crippen LogP contribution in [-0.2, 0) is 31.3 Å². The molecule has 1 aliphatic heterocycles. The first-order valence-corrected chi connectivity index (χ1v) is 12.3. The minimum absolute atomic E-state index is 0.0286. The van der Waals surface area contributed by atoms with Crippen molar-refractivity contribution < 1.29 is 21.6 Å². The van der Waals surface area contributed by atoms with Gasteiger partial charge in [-0.1, -0.05) is 6.07 Å². The van der Waals surface area contributed by atoms with E-state index in [-0.39, 0.29) is 29.4 Å². The van der Waals surface area contributed by atoms with Crippen LogP contribution in [0.25, 0.3) is 5.82 Å². The number of nitrogens with one attached hydrogen (secondary N) is 1. The summed E-state index contributed by atoms with van der Waals surface area (Å²) in [5, 5.41) is 4.02. The summed E-state index contributed by atoms with van der Waals surface area (Å²) in [6.45, 7) is 1.17.